The second-order valence-electron chi connectivity index (χ2n) is 8.48. The van der Waals surface area contributed by atoms with Gasteiger partial charge >= 0.3 is 0 Å². The normalized spacial score (nSPS) is 18.5. The number of nitrogens with one attached hydrogen (secondary N) is 1. The number of nitrogens with zero attached hydrogens (tertiary/aromatic N) is 1. The van der Waals surface area contributed by atoms with Crippen molar-refractivity contribution < 1.29 is 0 Å². The molecule has 0 amide bonds. The lowest BCUT2D eigenvalue weighted by molar-refractivity contribution is 0.241. The molecule has 2 aromatic rings. The maximum atomic E-state index is 3.56. The van der Waals surface area contributed by atoms with Crippen molar-refractivity contribution in [3.63, 3.8) is 0 Å². The van der Waals surface area contributed by atoms with Crippen LogP contribution in [-0.2, 0) is 25.9 Å². The number of hydrogen-bond acceptors (Lipinski definition) is 2. The van der Waals surface area contributed by atoms with Crippen LogP contribution >= 0.6 is 0 Å². The van der Waals surface area contributed by atoms with Crippen LogP contribution in [0.1, 0.15) is 66.0 Å². The Hall–Kier alpha value is -1.64. The summed E-state index contributed by atoms with van der Waals surface area (Å²) in [6.45, 7) is 12.6. The van der Waals surface area contributed by atoms with Crippen molar-refractivity contribution >= 4 is 0 Å². The first-order chi connectivity index (χ1) is 12.6. The van der Waals surface area contributed by atoms with Crippen LogP contribution < -0.4 is 5.32 Å². The summed E-state index contributed by atoms with van der Waals surface area (Å²) in [5.41, 5.74) is 9.24. The molecule has 0 bridgehead atoms. The second-order valence-corrected chi connectivity index (χ2v) is 8.48. The highest BCUT2D eigenvalue weighted by atomic mass is 15.1. The summed E-state index contributed by atoms with van der Waals surface area (Å²) in [4.78, 5) is 2.66. The van der Waals surface area contributed by atoms with E-state index in [0.29, 0.717) is 11.8 Å². The molecule has 138 valence electrons. The minimum atomic E-state index is 0.583. The molecule has 1 atom stereocenters. The van der Waals surface area contributed by atoms with Crippen LogP contribution in [0.15, 0.2) is 36.4 Å². The molecule has 2 aliphatic heterocycles. The summed E-state index contributed by atoms with van der Waals surface area (Å²) in [6, 6.07) is 14.1. The molecule has 0 saturated heterocycles. The van der Waals surface area contributed by atoms with E-state index in [1.165, 1.54) is 24.9 Å². The van der Waals surface area contributed by atoms with Gasteiger partial charge in [-0.2, -0.15) is 0 Å². The van der Waals surface area contributed by atoms with Gasteiger partial charge in [0.2, 0.25) is 0 Å². The van der Waals surface area contributed by atoms with Gasteiger partial charge in [-0.1, -0.05) is 57.2 Å². The average molecular weight is 349 g/mol. The first-order valence-electron chi connectivity index (χ1n) is 10.3. The Morgan fingerprint density at radius 2 is 1.88 bits per heavy atom. The summed E-state index contributed by atoms with van der Waals surface area (Å²) in [5.74, 6) is 1.19. The molecule has 4 rings (SSSR count). The predicted octanol–water partition coefficient (Wildman–Crippen LogP) is 4.62. The number of rotatable bonds is 4. The summed E-state index contributed by atoms with van der Waals surface area (Å²) in [7, 11) is 0. The number of benzene rings is 2. The first-order valence-corrected chi connectivity index (χ1v) is 10.3. The van der Waals surface area contributed by atoms with Crippen molar-refractivity contribution in [2.75, 3.05) is 19.6 Å². The number of fused-ring (bicyclic) bond motifs is 2. The minimum Gasteiger partial charge on any atom is -0.312 e. The third-order valence-electron chi connectivity index (χ3n) is 6.23. The quantitative estimate of drug-likeness (QED) is 0.867. The molecule has 2 aromatic carbocycles. The Morgan fingerprint density at radius 3 is 2.73 bits per heavy atom. The fourth-order valence-electron chi connectivity index (χ4n) is 4.64. The molecule has 2 heterocycles. The molecule has 1 N–H and O–H groups in total. The van der Waals surface area contributed by atoms with E-state index in [4.69, 9.17) is 0 Å². The minimum absolute atomic E-state index is 0.583. The predicted molar refractivity (Wildman–Crippen MR) is 110 cm³/mol. The molecule has 0 spiro atoms. The van der Waals surface area contributed by atoms with E-state index in [1.807, 2.05) is 0 Å². The summed E-state index contributed by atoms with van der Waals surface area (Å²) >= 11 is 0. The van der Waals surface area contributed by atoms with Crippen LogP contribution in [0.2, 0.25) is 0 Å². The molecular weight excluding hydrogens is 316 g/mol. The Balaban J connectivity index is 1.49. The van der Waals surface area contributed by atoms with E-state index in [2.05, 4.69) is 67.4 Å². The van der Waals surface area contributed by atoms with E-state index in [1.54, 1.807) is 27.8 Å². The highest BCUT2D eigenvalue weighted by molar-refractivity contribution is 5.39. The second kappa shape index (κ2) is 7.54. The largest absolute Gasteiger partial charge is 0.312 e. The van der Waals surface area contributed by atoms with Gasteiger partial charge in [-0.25, -0.2) is 0 Å². The van der Waals surface area contributed by atoms with E-state index >= 15 is 0 Å². The lowest BCUT2D eigenvalue weighted by atomic mass is 9.88. The van der Waals surface area contributed by atoms with Crippen molar-refractivity contribution in [2.24, 2.45) is 0 Å². The third kappa shape index (κ3) is 3.58. The van der Waals surface area contributed by atoms with E-state index in [0.717, 1.165) is 26.2 Å². The SMILES string of the molecule is CC(C)c1ccc2c(c1)CN(CC(C)c1cccc3c1CNCC3)CC2. The lowest BCUT2D eigenvalue weighted by Gasteiger charge is -2.32. The van der Waals surface area contributed by atoms with Crippen LogP contribution in [0.4, 0.5) is 0 Å². The Morgan fingerprint density at radius 1 is 1.00 bits per heavy atom. The highest BCUT2D eigenvalue weighted by Crippen LogP contribution is 2.29. The summed E-state index contributed by atoms with van der Waals surface area (Å²) in [6.07, 6.45) is 2.36. The molecule has 26 heavy (non-hydrogen) atoms. The average Bonchev–Trinajstić information content (AvgIpc) is 2.66. The van der Waals surface area contributed by atoms with Crippen molar-refractivity contribution in [2.45, 2.75) is 58.5 Å². The smallest absolute Gasteiger partial charge is 0.0236 e. The van der Waals surface area contributed by atoms with E-state index in [-0.39, 0.29) is 0 Å². The monoisotopic (exact) mass is 348 g/mol. The van der Waals surface area contributed by atoms with Crippen molar-refractivity contribution in [1.29, 1.82) is 0 Å². The molecule has 0 aliphatic carbocycles. The van der Waals surface area contributed by atoms with Crippen LogP contribution in [0.25, 0.3) is 0 Å². The molecule has 0 radical (unpaired) electrons. The molecule has 0 aromatic heterocycles. The van der Waals surface area contributed by atoms with Gasteiger partial charge in [-0.3, -0.25) is 4.90 Å². The zero-order valence-electron chi connectivity index (χ0n) is 16.5. The number of hydrogen-bond donors (Lipinski definition) is 1. The van der Waals surface area contributed by atoms with Crippen molar-refractivity contribution in [1.82, 2.24) is 10.2 Å². The Bertz CT molecular complexity index is 778. The van der Waals surface area contributed by atoms with Gasteiger partial charge in [-0.15, -0.1) is 0 Å². The Kier molecular flexibility index (Phi) is 5.15. The topological polar surface area (TPSA) is 15.3 Å². The standard InChI is InChI=1S/C24H32N2/c1-17(2)21-8-7-19-10-12-26(16-22(19)13-21)15-18(3)23-6-4-5-20-9-11-25-14-24(20)23/h4-8,13,17-18,25H,9-12,14-16H2,1-3H3. The van der Waals surface area contributed by atoms with Crippen LogP contribution in [-0.4, -0.2) is 24.5 Å². The van der Waals surface area contributed by atoms with E-state index in [9.17, 15) is 0 Å². The fourth-order valence-corrected chi connectivity index (χ4v) is 4.64. The molecule has 0 fully saturated rings. The van der Waals surface area contributed by atoms with Gasteiger partial charge < -0.3 is 5.32 Å². The highest BCUT2D eigenvalue weighted by Gasteiger charge is 2.22. The molecule has 2 heteroatoms. The lowest BCUT2D eigenvalue weighted by Crippen LogP contribution is -2.34. The van der Waals surface area contributed by atoms with Crippen LogP contribution in [0, 0.1) is 0 Å². The maximum Gasteiger partial charge on any atom is 0.0236 e. The first kappa shape index (κ1) is 17.8. The van der Waals surface area contributed by atoms with Gasteiger partial charge in [0, 0.05) is 26.2 Å². The van der Waals surface area contributed by atoms with E-state index < -0.39 is 0 Å². The molecule has 1 unspecified atom stereocenters. The fraction of sp³-hybridized carbons (Fsp3) is 0.500. The van der Waals surface area contributed by atoms with Crippen molar-refractivity contribution in [3.05, 3.63) is 69.8 Å². The van der Waals surface area contributed by atoms with Crippen LogP contribution in [0.3, 0.4) is 0 Å². The zero-order chi connectivity index (χ0) is 18.1. The Labute approximate surface area is 158 Å². The third-order valence-corrected chi connectivity index (χ3v) is 6.23. The zero-order valence-corrected chi connectivity index (χ0v) is 16.5. The maximum absolute atomic E-state index is 3.56. The van der Waals surface area contributed by atoms with Gasteiger partial charge in [0.1, 0.15) is 0 Å². The molecule has 2 aliphatic rings. The summed E-state index contributed by atoms with van der Waals surface area (Å²) < 4.78 is 0. The summed E-state index contributed by atoms with van der Waals surface area (Å²) in [5, 5.41) is 3.56. The molecule has 0 saturated carbocycles. The molecule has 2 nitrogen and oxygen atoms in total. The van der Waals surface area contributed by atoms with Crippen LogP contribution in [0.5, 0.6) is 0 Å². The van der Waals surface area contributed by atoms with Gasteiger partial charge in [0.25, 0.3) is 0 Å². The van der Waals surface area contributed by atoms with Gasteiger partial charge in [0.05, 0.1) is 0 Å². The van der Waals surface area contributed by atoms with Crippen molar-refractivity contribution in [3.8, 4) is 0 Å². The van der Waals surface area contributed by atoms with Gasteiger partial charge in [0.15, 0.2) is 0 Å². The molecular formula is C24H32N2. The van der Waals surface area contributed by atoms with Gasteiger partial charge in [-0.05, 0) is 64.6 Å².